The van der Waals surface area contributed by atoms with Gasteiger partial charge in [-0.3, -0.25) is 9.59 Å². The molecule has 0 bridgehead atoms. The third kappa shape index (κ3) is 4.23. The largest absolute Gasteiger partial charge is 0.326 e. The summed E-state index contributed by atoms with van der Waals surface area (Å²) in [6, 6.07) is 14.9. The van der Waals surface area contributed by atoms with Crippen LogP contribution in [0.25, 0.3) is 0 Å². The van der Waals surface area contributed by atoms with Gasteiger partial charge in [-0.1, -0.05) is 42.8 Å². The lowest BCUT2D eigenvalue weighted by Gasteiger charge is -2.18. The molecule has 26 heavy (non-hydrogen) atoms. The molecule has 1 aliphatic rings. The molecule has 1 saturated heterocycles. The Morgan fingerprint density at radius 2 is 2.04 bits per heavy atom. The first-order valence-electron chi connectivity index (χ1n) is 8.74. The average molecular weight is 372 g/mol. The van der Waals surface area contributed by atoms with Crippen LogP contribution in [-0.2, 0) is 16.1 Å². The standard InChI is InChI=1S/C20H22ClN3O2/c1-2-22-12-14-6-5-7-16(10-14)23-20(26)15-11-19(25)24(13-15)18-9-4-3-8-17(18)21/h3-10,15,22H,2,11-13H2,1H3,(H,23,26). The van der Waals surface area contributed by atoms with E-state index in [0.29, 0.717) is 17.3 Å². The van der Waals surface area contributed by atoms with Crippen molar-refractivity contribution < 1.29 is 9.59 Å². The highest BCUT2D eigenvalue weighted by Crippen LogP contribution is 2.31. The molecule has 1 heterocycles. The summed E-state index contributed by atoms with van der Waals surface area (Å²) in [4.78, 5) is 26.5. The number of carbonyl (C=O) groups excluding carboxylic acids is 2. The van der Waals surface area contributed by atoms with Gasteiger partial charge >= 0.3 is 0 Å². The number of halogens is 1. The van der Waals surface area contributed by atoms with Gasteiger partial charge in [0.1, 0.15) is 0 Å². The van der Waals surface area contributed by atoms with Crippen molar-refractivity contribution in [3.63, 3.8) is 0 Å². The van der Waals surface area contributed by atoms with Crippen LogP contribution in [0.2, 0.25) is 5.02 Å². The van der Waals surface area contributed by atoms with Crippen LogP contribution in [0.4, 0.5) is 11.4 Å². The Kier molecular flexibility index (Phi) is 5.91. The summed E-state index contributed by atoms with van der Waals surface area (Å²) in [7, 11) is 0. The minimum Gasteiger partial charge on any atom is -0.326 e. The number of nitrogens with zero attached hydrogens (tertiary/aromatic N) is 1. The van der Waals surface area contributed by atoms with E-state index in [1.165, 1.54) is 0 Å². The minimum atomic E-state index is -0.392. The van der Waals surface area contributed by atoms with Crippen LogP contribution < -0.4 is 15.5 Å². The Bertz CT molecular complexity index is 809. The fraction of sp³-hybridized carbons (Fsp3) is 0.300. The molecular weight excluding hydrogens is 350 g/mol. The van der Waals surface area contributed by atoms with E-state index in [0.717, 1.165) is 24.3 Å². The van der Waals surface area contributed by atoms with Crippen molar-refractivity contribution in [3.8, 4) is 0 Å². The van der Waals surface area contributed by atoms with Crippen molar-refractivity contribution in [2.45, 2.75) is 19.9 Å². The number of benzene rings is 2. The van der Waals surface area contributed by atoms with E-state index < -0.39 is 5.92 Å². The van der Waals surface area contributed by atoms with Gasteiger partial charge < -0.3 is 15.5 Å². The number of rotatable bonds is 6. The highest BCUT2D eigenvalue weighted by molar-refractivity contribution is 6.33. The first kappa shape index (κ1) is 18.4. The Hall–Kier alpha value is -2.37. The SMILES string of the molecule is CCNCc1cccc(NC(=O)C2CC(=O)N(c3ccccc3Cl)C2)c1. The Morgan fingerprint density at radius 1 is 1.23 bits per heavy atom. The van der Waals surface area contributed by atoms with Gasteiger partial charge in [-0.15, -0.1) is 0 Å². The van der Waals surface area contributed by atoms with Crippen LogP contribution in [0.15, 0.2) is 48.5 Å². The lowest BCUT2D eigenvalue weighted by atomic mass is 10.1. The summed E-state index contributed by atoms with van der Waals surface area (Å²) in [6.07, 6.45) is 0.189. The molecule has 0 aliphatic carbocycles. The third-order valence-electron chi connectivity index (χ3n) is 4.41. The highest BCUT2D eigenvalue weighted by atomic mass is 35.5. The summed E-state index contributed by atoms with van der Waals surface area (Å²) in [5, 5.41) is 6.70. The van der Waals surface area contributed by atoms with E-state index >= 15 is 0 Å². The summed E-state index contributed by atoms with van der Waals surface area (Å²) in [5.74, 6) is -0.621. The zero-order chi connectivity index (χ0) is 18.5. The van der Waals surface area contributed by atoms with E-state index in [1.54, 1.807) is 17.0 Å². The number of amides is 2. The van der Waals surface area contributed by atoms with Crippen LogP contribution in [0, 0.1) is 5.92 Å². The smallest absolute Gasteiger partial charge is 0.229 e. The van der Waals surface area contributed by atoms with Gasteiger partial charge in [-0.05, 0) is 36.4 Å². The summed E-state index contributed by atoms with van der Waals surface area (Å²) < 4.78 is 0. The zero-order valence-electron chi connectivity index (χ0n) is 14.7. The molecule has 1 fully saturated rings. The monoisotopic (exact) mass is 371 g/mol. The van der Waals surface area contributed by atoms with Crippen LogP contribution in [0.5, 0.6) is 0 Å². The maximum absolute atomic E-state index is 12.6. The number of hydrogen-bond donors (Lipinski definition) is 2. The maximum atomic E-state index is 12.6. The Morgan fingerprint density at radius 3 is 2.81 bits per heavy atom. The molecule has 3 rings (SSSR count). The molecule has 136 valence electrons. The van der Waals surface area contributed by atoms with E-state index in [9.17, 15) is 9.59 Å². The van der Waals surface area contributed by atoms with Crippen molar-refractivity contribution in [2.75, 3.05) is 23.3 Å². The molecule has 0 spiro atoms. The number of nitrogens with one attached hydrogen (secondary N) is 2. The Labute approximate surface area is 158 Å². The lowest BCUT2D eigenvalue weighted by Crippen LogP contribution is -2.28. The number of para-hydroxylation sites is 1. The molecule has 2 N–H and O–H groups in total. The van der Waals surface area contributed by atoms with Crippen molar-refractivity contribution in [1.29, 1.82) is 0 Å². The van der Waals surface area contributed by atoms with E-state index in [1.807, 2.05) is 43.3 Å². The summed E-state index contributed by atoms with van der Waals surface area (Å²) in [5.41, 5.74) is 2.50. The maximum Gasteiger partial charge on any atom is 0.229 e. The molecule has 2 aromatic carbocycles. The zero-order valence-corrected chi connectivity index (χ0v) is 15.4. The first-order valence-corrected chi connectivity index (χ1v) is 9.11. The van der Waals surface area contributed by atoms with Gasteiger partial charge in [-0.25, -0.2) is 0 Å². The van der Waals surface area contributed by atoms with Gasteiger partial charge in [-0.2, -0.15) is 0 Å². The average Bonchev–Trinajstić information content (AvgIpc) is 3.02. The molecule has 6 heteroatoms. The second kappa shape index (κ2) is 8.34. The van der Waals surface area contributed by atoms with Gasteiger partial charge in [0.25, 0.3) is 0 Å². The molecule has 5 nitrogen and oxygen atoms in total. The third-order valence-corrected chi connectivity index (χ3v) is 4.73. The molecule has 1 unspecified atom stereocenters. The first-order chi connectivity index (χ1) is 12.6. The summed E-state index contributed by atoms with van der Waals surface area (Å²) in [6.45, 7) is 4.03. The molecule has 0 saturated carbocycles. The normalized spacial score (nSPS) is 16.8. The van der Waals surface area contributed by atoms with Crippen LogP contribution in [0.3, 0.4) is 0 Å². The fourth-order valence-electron chi connectivity index (χ4n) is 3.06. The van der Waals surface area contributed by atoms with E-state index in [2.05, 4.69) is 10.6 Å². The topological polar surface area (TPSA) is 61.4 Å². The minimum absolute atomic E-state index is 0.0841. The van der Waals surface area contributed by atoms with Crippen LogP contribution >= 0.6 is 11.6 Å². The van der Waals surface area contributed by atoms with Crippen LogP contribution in [0.1, 0.15) is 18.9 Å². The molecule has 2 aromatic rings. The van der Waals surface area contributed by atoms with Crippen molar-refractivity contribution in [2.24, 2.45) is 5.92 Å². The molecule has 1 atom stereocenters. The number of hydrogen-bond acceptors (Lipinski definition) is 3. The number of carbonyl (C=O) groups is 2. The predicted molar refractivity (Wildman–Crippen MR) is 104 cm³/mol. The summed E-state index contributed by atoms with van der Waals surface area (Å²) >= 11 is 6.19. The van der Waals surface area contributed by atoms with Gasteiger partial charge in [0.05, 0.1) is 16.6 Å². The van der Waals surface area contributed by atoms with Gasteiger partial charge in [0, 0.05) is 25.2 Å². The van der Waals surface area contributed by atoms with Crippen molar-refractivity contribution in [1.82, 2.24) is 5.32 Å². The quantitative estimate of drug-likeness (QED) is 0.817. The fourth-order valence-corrected chi connectivity index (χ4v) is 3.30. The number of anilines is 2. The molecule has 2 amide bonds. The lowest BCUT2D eigenvalue weighted by molar-refractivity contribution is -0.122. The van der Waals surface area contributed by atoms with Crippen molar-refractivity contribution in [3.05, 3.63) is 59.1 Å². The van der Waals surface area contributed by atoms with Crippen LogP contribution in [-0.4, -0.2) is 24.9 Å². The molecule has 1 aliphatic heterocycles. The van der Waals surface area contributed by atoms with E-state index in [4.69, 9.17) is 11.6 Å². The molecule has 0 radical (unpaired) electrons. The second-order valence-corrected chi connectivity index (χ2v) is 6.73. The van der Waals surface area contributed by atoms with Crippen molar-refractivity contribution >= 4 is 34.8 Å². The van der Waals surface area contributed by atoms with Gasteiger partial charge in [0.2, 0.25) is 11.8 Å². The Balaban J connectivity index is 1.66. The molecular formula is C20H22ClN3O2. The molecule has 0 aromatic heterocycles. The second-order valence-electron chi connectivity index (χ2n) is 6.33. The predicted octanol–water partition coefficient (Wildman–Crippen LogP) is 3.44. The highest BCUT2D eigenvalue weighted by Gasteiger charge is 2.35. The van der Waals surface area contributed by atoms with E-state index in [-0.39, 0.29) is 18.2 Å². The van der Waals surface area contributed by atoms with Gasteiger partial charge in [0.15, 0.2) is 0 Å².